The molecular formula is C9H7ClN2O2. The molecule has 0 aliphatic rings. The molecule has 0 bridgehead atoms. The average Bonchev–Trinajstić information content (AvgIpc) is 2.10. The molecule has 0 saturated carbocycles. The van der Waals surface area contributed by atoms with Crippen LogP contribution in [-0.4, -0.2) is 4.92 Å². The van der Waals surface area contributed by atoms with Crippen LogP contribution in [0, 0.1) is 28.4 Å². The number of halogens is 1. The highest BCUT2D eigenvalue weighted by Crippen LogP contribution is 2.29. The third kappa shape index (κ3) is 2.01. The summed E-state index contributed by atoms with van der Waals surface area (Å²) in [7, 11) is 0. The molecule has 72 valence electrons. The van der Waals surface area contributed by atoms with Crippen molar-refractivity contribution in [2.24, 2.45) is 0 Å². The molecule has 0 spiro atoms. The fraction of sp³-hybridized carbons (Fsp3) is 0.222. The molecule has 0 saturated heterocycles. The molecule has 0 atom stereocenters. The monoisotopic (exact) mass is 210 g/mol. The van der Waals surface area contributed by atoms with Crippen molar-refractivity contribution in [1.29, 1.82) is 5.26 Å². The zero-order valence-electron chi connectivity index (χ0n) is 7.45. The van der Waals surface area contributed by atoms with Crippen molar-refractivity contribution in [3.05, 3.63) is 38.4 Å². The first-order valence-corrected chi connectivity index (χ1v) is 4.24. The Morgan fingerprint density at radius 2 is 2.29 bits per heavy atom. The largest absolute Gasteiger partial charge is 0.288 e. The average molecular weight is 211 g/mol. The lowest BCUT2D eigenvalue weighted by atomic mass is 10.1. The summed E-state index contributed by atoms with van der Waals surface area (Å²) in [6.07, 6.45) is 0.0847. The topological polar surface area (TPSA) is 66.9 Å². The van der Waals surface area contributed by atoms with E-state index in [0.717, 1.165) is 5.56 Å². The minimum atomic E-state index is -0.545. The summed E-state index contributed by atoms with van der Waals surface area (Å²) >= 11 is 5.76. The normalized spacial score (nSPS) is 9.50. The van der Waals surface area contributed by atoms with E-state index in [1.807, 2.05) is 6.07 Å². The van der Waals surface area contributed by atoms with Gasteiger partial charge in [0.1, 0.15) is 5.02 Å². The molecule has 0 unspecified atom stereocenters. The zero-order chi connectivity index (χ0) is 10.7. The van der Waals surface area contributed by atoms with Gasteiger partial charge in [-0.05, 0) is 18.1 Å². The van der Waals surface area contributed by atoms with Gasteiger partial charge in [0.25, 0.3) is 5.69 Å². The molecule has 0 heterocycles. The van der Waals surface area contributed by atoms with Gasteiger partial charge in [0.05, 0.1) is 17.4 Å². The molecule has 0 aliphatic carbocycles. The van der Waals surface area contributed by atoms with Crippen LogP contribution in [0.25, 0.3) is 0 Å². The molecule has 0 N–H and O–H groups in total. The maximum atomic E-state index is 10.6. The van der Waals surface area contributed by atoms with E-state index < -0.39 is 4.92 Å². The molecule has 5 heteroatoms. The number of aryl methyl sites for hydroxylation is 1. The van der Waals surface area contributed by atoms with Crippen molar-refractivity contribution in [2.45, 2.75) is 13.3 Å². The summed E-state index contributed by atoms with van der Waals surface area (Å²) in [5, 5.41) is 19.1. The molecular weight excluding hydrogens is 204 g/mol. The van der Waals surface area contributed by atoms with Crippen LogP contribution < -0.4 is 0 Å². The molecule has 1 rings (SSSR count). The van der Waals surface area contributed by atoms with E-state index in [1.165, 1.54) is 6.07 Å². The van der Waals surface area contributed by atoms with Crippen LogP contribution >= 0.6 is 11.6 Å². The lowest BCUT2D eigenvalue weighted by Gasteiger charge is -2.02. The van der Waals surface area contributed by atoms with E-state index in [2.05, 4.69) is 0 Å². The molecule has 0 amide bonds. The third-order valence-electron chi connectivity index (χ3n) is 1.74. The van der Waals surface area contributed by atoms with E-state index in [9.17, 15) is 10.1 Å². The Labute approximate surface area is 85.9 Å². The third-order valence-corrected chi connectivity index (χ3v) is 2.18. The zero-order valence-corrected chi connectivity index (χ0v) is 8.21. The summed E-state index contributed by atoms with van der Waals surface area (Å²) in [4.78, 5) is 10.0. The molecule has 1 aromatic carbocycles. The highest BCUT2D eigenvalue weighted by molar-refractivity contribution is 6.33. The van der Waals surface area contributed by atoms with Crippen LogP contribution in [0.1, 0.15) is 11.1 Å². The Hall–Kier alpha value is -1.60. The maximum absolute atomic E-state index is 10.6. The second-order valence-electron chi connectivity index (χ2n) is 2.85. The first-order chi connectivity index (χ1) is 6.56. The molecule has 0 aromatic heterocycles. The second-order valence-corrected chi connectivity index (χ2v) is 3.23. The van der Waals surface area contributed by atoms with E-state index >= 15 is 0 Å². The summed E-state index contributed by atoms with van der Waals surface area (Å²) < 4.78 is 0. The first kappa shape index (κ1) is 10.5. The van der Waals surface area contributed by atoms with Gasteiger partial charge >= 0.3 is 0 Å². The molecule has 14 heavy (non-hydrogen) atoms. The van der Waals surface area contributed by atoms with Crippen molar-refractivity contribution >= 4 is 17.3 Å². The summed E-state index contributed by atoms with van der Waals surface area (Å²) in [5.41, 5.74) is 1.09. The number of nitrogens with zero attached hydrogens (tertiary/aromatic N) is 2. The number of rotatable bonds is 2. The molecule has 1 aromatic rings. The number of hydrogen-bond acceptors (Lipinski definition) is 3. The fourth-order valence-electron chi connectivity index (χ4n) is 1.17. The fourth-order valence-corrected chi connectivity index (χ4v) is 1.41. The van der Waals surface area contributed by atoms with Gasteiger partial charge in [-0.15, -0.1) is 0 Å². The van der Waals surface area contributed by atoms with Crippen molar-refractivity contribution in [2.75, 3.05) is 0 Å². The van der Waals surface area contributed by atoms with Gasteiger partial charge in [-0.3, -0.25) is 10.1 Å². The van der Waals surface area contributed by atoms with Crippen LogP contribution in [-0.2, 0) is 6.42 Å². The second kappa shape index (κ2) is 4.07. The van der Waals surface area contributed by atoms with E-state index in [1.54, 1.807) is 13.0 Å². The summed E-state index contributed by atoms with van der Waals surface area (Å²) in [6, 6.07) is 4.98. The Morgan fingerprint density at radius 1 is 1.64 bits per heavy atom. The van der Waals surface area contributed by atoms with Crippen molar-refractivity contribution in [3.8, 4) is 6.07 Å². The van der Waals surface area contributed by atoms with Gasteiger partial charge in [0.2, 0.25) is 0 Å². The lowest BCUT2D eigenvalue weighted by Crippen LogP contribution is -1.94. The standard InChI is InChI=1S/C9H7ClN2O2/c1-6-4-7(2-3-11)9(10)8(5-6)12(13)14/h4-5H,2H2,1H3. The molecule has 0 aliphatic heterocycles. The van der Waals surface area contributed by atoms with Crippen LogP contribution in [0.2, 0.25) is 5.02 Å². The summed E-state index contributed by atoms with van der Waals surface area (Å²) in [6.45, 7) is 1.73. The summed E-state index contributed by atoms with van der Waals surface area (Å²) in [5.74, 6) is 0. The van der Waals surface area contributed by atoms with Crippen LogP contribution in [0.15, 0.2) is 12.1 Å². The van der Waals surface area contributed by atoms with Gasteiger partial charge < -0.3 is 0 Å². The lowest BCUT2D eigenvalue weighted by molar-refractivity contribution is -0.384. The number of nitro benzene ring substituents is 1. The Kier molecular flexibility index (Phi) is 3.05. The molecule has 0 radical (unpaired) electrons. The molecule has 0 fully saturated rings. The smallest absolute Gasteiger partial charge is 0.258 e. The predicted octanol–water partition coefficient (Wildman–Crippen LogP) is 2.62. The minimum Gasteiger partial charge on any atom is -0.258 e. The van der Waals surface area contributed by atoms with Crippen LogP contribution in [0.3, 0.4) is 0 Å². The molecule has 4 nitrogen and oxygen atoms in total. The van der Waals surface area contributed by atoms with Gasteiger partial charge in [0, 0.05) is 6.07 Å². The number of nitro groups is 1. The van der Waals surface area contributed by atoms with Gasteiger partial charge in [-0.2, -0.15) is 5.26 Å². The van der Waals surface area contributed by atoms with Crippen molar-refractivity contribution < 1.29 is 4.92 Å². The van der Waals surface area contributed by atoms with Crippen molar-refractivity contribution in [3.63, 3.8) is 0 Å². The predicted molar refractivity (Wildman–Crippen MR) is 52.2 cm³/mol. The van der Waals surface area contributed by atoms with E-state index in [0.29, 0.717) is 5.56 Å². The van der Waals surface area contributed by atoms with Crippen LogP contribution in [0.4, 0.5) is 5.69 Å². The maximum Gasteiger partial charge on any atom is 0.288 e. The number of benzene rings is 1. The Bertz CT molecular complexity index is 424. The highest BCUT2D eigenvalue weighted by Gasteiger charge is 2.16. The van der Waals surface area contributed by atoms with E-state index in [4.69, 9.17) is 16.9 Å². The van der Waals surface area contributed by atoms with Gasteiger partial charge in [0.15, 0.2) is 0 Å². The first-order valence-electron chi connectivity index (χ1n) is 3.86. The van der Waals surface area contributed by atoms with Gasteiger partial charge in [-0.1, -0.05) is 17.7 Å². The minimum absolute atomic E-state index is 0.0575. The van der Waals surface area contributed by atoms with Crippen molar-refractivity contribution in [1.82, 2.24) is 0 Å². The number of hydrogen-bond donors (Lipinski definition) is 0. The number of nitriles is 1. The Balaban J connectivity index is 3.33. The Morgan fingerprint density at radius 3 is 2.79 bits per heavy atom. The van der Waals surface area contributed by atoms with Crippen LogP contribution in [0.5, 0.6) is 0 Å². The van der Waals surface area contributed by atoms with E-state index in [-0.39, 0.29) is 17.1 Å². The van der Waals surface area contributed by atoms with Gasteiger partial charge in [-0.25, -0.2) is 0 Å². The highest BCUT2D eigenvalue weighted by atomic mass is 35.5. The SMILES string of the molecule is Cc1cc(CC#N)c(Cl)c([N+](=O)[O-])c1. The quantitative estimate of drug-likeness (QED) is 0.557.